The molecule has 1 saturated carbocycles. The molecule has 0 bridgehead atoms. The molecule has 190 valence electrons. The summed E-state index contributed by atoms with van der Waals surface area (Å²) in [6.45, 7) is 2.25. The summed E-state index contributed by atoms with van der Waals surface area (Å²) in [5.41, 5.74) is 4.30. The first-order chi connectivity index (χ1) is 18.0. The number of likely N-dealkylation sites (tertiary alicyclic amines) is 1. The first-order valence-corrected chi connectivity index (χ1v) is 13.6. The Labute approximate surface area is 223 Å². The van der Waals surface area contributed by atoms with Crippen molar-refractivity contribution in [1.29, 1.82) is 0 Å². The van der Waals surface area contributed by atoms with Crippen molar-refractivity contribution < 1.29 is 9.59 Å². The van der Waals surface area contributed by atoms with Crippen molar-refractivity contribution in [3.05, 3.63) is 100 Å². The van der Waals surface area contributed by atoms with E-state index >= 15 is 0 Å². The lowest BCUT2D eigenvalue weighted by molar-refractivity contribution is -0.120. The van der Waals surface area contributed by atoms with Gasteiger partial charge in [-0.1, -0.05) is 54.1 Å². The summed E-state index contributed by atoms with van der Waals surface area (Å²) in [5, 5.41) is 3.79. The van der Waals surface area contributed by atoms with Crippen molar-refractivity contribution in [3.63, 3.8) is 0 Å². The van der Waals surface area contributed by atoms with Gasteiger partial charge < -0.3 is 15.1 Å². The zero-order valence-electron chi connectivity index (χ0n) is 21.1. The number of nitrogens with zero attached hydrogens (tertiary/aromatic N) is 2. The summed E-state index contributed by atoms with van der Waals surface area (Å²) in [4.78, 5) is 31.1. The normalized spacial score (nSPS) is 24.5. The van der Waals surface area contributed by atoms with E-state index in [0.717, 1.165) is 41.8 Å². The standard InChI is InChI=1S/C31H32ClN3O2/c1-34-17-5-8-25(34)15-16-33-29(36)23-7-4-6-21(18-23)20-35-28-10-3-2-9-26(28)31(30(35)37)19-27(31)22-11-13-24(32)14-12-22/h2-4,6-7,9-14,18,25,27H,5,8,15-17,19-20H2,1H3,(H,33,36)/t25-,27+,31+/m0/s1. The van der Waals surface area contributed by atoms with Gasteiger partial charge in [0.05, 0.1) is 12.0 Å². The number of benzene rings is 3. The van der Waals surface area contributed by atoms with Crippen LogP contribution in [-0.4, -0.2) is 42.9 Å². The van der Waals surface area contributed by atoms with E-state index in [0.29, 0.717) is 29.7 Å². The lowest BCUT2D eigenvalue weighted by Gasteiger charge is -2.20. The molecule has 2 fully saturated rings. The van der Waals surface area contributed by atoms with Gasteiger partial charge in [-0.25, -0.2) is 0 Å². The Bertz CT molecular complexity index is 1340. The van der Waals surface area contributed by atoms with E-state index < -0.39 is 5.41 Å². The molecule has 5 nitrogen and oxygen atoms in total. The number of fused-ring (bicyclic) bond motifs is 2. The predicted molar refractivity (Wildman–Crippen MR) is 147 cm³/mol. The third kappa shape index (κ3) is 4.34. The molecular weight excluding hydrogens is 482 g/mol. The van der Waals surface area contributed by atoms with Gasteiger partial charge in [0.15, 0.2) is 0 Å². The Morgan fingerprint density at radius 2 is 1.89 bits per heavy atom. The summed E-state index contributed by atoms with van der Waals surface area (Å²) in [6, 6.07) is 24.2. The average Bonchev–Trinajstić information content (AvgIpc) is 3.47. The zero-order valence-corrected chi connectivity index (χ0v) is 21.9. The van der Waals surface area contributed by atoms with E-state index in [2.05, 4.69) is 23.3 Å². The van der Waals surface area contributed by atoms with E-state index in [1.54, 1.807) is 0 Å². The van der Waals surface area contributed by atoms with E-state index in [1.165, 1.54) is 12.8 Å². The van der Waals surface area contributed by atoms with Crippen LogP contribution < -0.4 is 10.2 Å². The van der Waals surface area contributed by atoms with Crippen molar-refractivity contribution >= 4 is 29.1 Å². The van der Waals surface area contributed by atoms with Crippen LogP contribution in [0, 0.1) is 0 Å². The van der Waals surface area contributed by atoms with Gasteiger partial charge in [0.2, 0.25) is 5.91 Å². The molecule has 1 saturated heterocycles. The van der Waals surface area contributed by atoms with Crippen LogP contribution in [0.3, 0.4) is 0 Å². The minimum absolute atomic E-state index is 0.0582. The van der Waals surface area contributed by atoms with Crippen molar-refractivity contribution in [1.82, 2.24) is 10.2 Å². The molecule has 2 amide bonds. The Morgan fingerprint density at radius 3 is 2.68 bits per heavy atom. The van der Waals surface area contributed by atoms with Gasteiger partial charge in [0, 0.05) is 34.8 Å². The number of halogens is 1. The molecule has 3 aromatic carbocycles. The fraction of sp³-hybridized carbons (Fsp3) is 0.355. The van der Waals surface area contributed by atoms with Crippen LogP contribution in [-0.2, 0) is 16.8 Å². The zero-order chi connectivity index (χ0) is 25.6. The number of rotatable bonds is 7. The van der Waals surface area contributed by atoms with Crippen LogP contribution in [0.2, 0.25) is 5.02 Å². The second kappa shape index (κ2) is 9.62. The Morgan fingerprint density at radius 1 is 1.08 bits per heavy atom. The van der Waals surface area contributed by atoms with Crippen molar-refractivity contribution in [2.75, 3.05) is 25.0 Å². The number of anilines is 1. The molecule has 3 atom stereocenters. The highest BCUT2D eigenvalue weighted by molar-refractivity contribution is 6.30. The third-order valence-corrected chi connectivity index (χ3v) is 8.75. The van der Waals surface area contributed by atoms with Gasteiger partial charge >= 0.3 is 0 Å². The molecule has 0 radical (unpaired) electrons. The fourth-order valence-electron chi connectivity index (χ4n) is 6.40. The number of amides is 2. The summed E-state index contributed by atoms with van der Waals surface area (Å²) < 4.78 is 0. The fourth-order valence-corrected chi connectivity index (χ4v) is 6.52. The van der Waals surface area contributed by atoms with Crippen LogP contribution in [0.5, 0.6) is 0 Å². The maximum atomic E-state index is 13.9. The van der Waals surface area contributed by atoms with Crippen LogP contribution in [0.1, 0.15) is 58.6 Å². The molecule has 0 unspecified atom stereocenters. The number of hydrogen-bond donors (Lipinski definition) is 1. The smallest absolute Gasteiger partial charge is 0.251 e. The number of carbonyl (C=O) groups is 2. The van der Waals surface area contributed by atoms with Gasteiger partial charge in [-0.15, -0.1) is 0 Å². The maximum absolute atomic E-state index is 13.9. The highest BCUT2D eigenvalue weighted by Crippen LogP contribution is 2.66. The minimum atomic E-state index is -0.507. The van der Waals surface area contributed by atoms with Gasteiger partial charge in [-0.2, -0.15) is 0 Å². The summed E-state index contributed by atoms with van der Waals surface area (Å²) >= 11 is 6.10. The van der Waals surface area contributed by atoms with Gasteiger partial charge in [-0.05, 0) is 86.3 Å². The van der Waals surface area contributed by atoms with Crippen molar-refractivity contribution in [3.8, 4) is 0 Å². The van der Waals surface area contributed by atoms with Crippen LogP contribution in [0.25, 0.3) is 0 Å². The predicted octanol–water partition coefficient (Wildman–Crippen LogP) is 5.53. The third-order valence-electron chi connectivity index (χ3n) is 8.50. The molecule has 3 aliphatic rings. The maximum Gasteiger partial charge on any atom is 0.251 e. The molecule has 6 rings (SSSR count). The molecular formula is C31H32ClN3O2. The van der Waals surface area contributed by atoms with Crippen molar-refractivity contribution in [2.45, 2.75) is 49.6 Å². The number of carbonyl (C=O) groups excluding carboxylic acids is 2. The molecule has 2 aliphatic heterocycles. The average molecular weight is 514 g/mol. The number of hydrogen-bond acceptors (Lipinski definition) is 3. The molecule has 1 N–H and O–H groups in total. The van der Waals surface area contributed by atoms with Crippen LogP contribution in [0.15, 0.2) is 72.8 Å². The molecule has 2 heterocycles. The SMILES string of the molecule is CN1CCC[C@H]1CCNC(=O)c1cccc(CN2C(=O)[C@]3(C[C@@H]3c3ccc(Cl)cc3)c3ccccc32)c1. The molecule has 37 heavy (non-hydrogen) atoms. The summed E-state index contributed by atoms with van der Waals surface area (Å²) in [6.07, 6.45) is 4.21. The van der Waals surface area contributed by atoms with E-state index in [1.807, 2.05) is 71.6 Å². The Kier molecular flexibility index (Phi) is 6.29. The molecule has 1 spiro atoms. The van der Waals surface area contributed by atoms with Crippen LogP contribution in [0.4, 0.5) is 5.69 Å². The molecule has 6 heteroatoms. The lowest BCUT2D eigenvalue weighted by Crippen LogP contribution is -2.33. The molecule has 3 aromatic rings. The highest BCUT2D eigenvalue weighted by Gasteiger charge is 2.67. The minimum Gasteiger partial charge on any atom is -0.352 e. The highest BCUT2D eigenvalue weighted by atomic mass is 35.5. The van der Waals surface area contributed by atoms with Gasteiger partial charge in [0.1, 0.15) is 0 Å². The first kappa shape index (κ1) is 24.2. The van der Waals surface area contributed by atoms with Gasteiger partial charge in [0.25, 0.3) is 5.91 Å². The quantitative estimate of drug-likeness (QED) is 0.452. The topological polar surface area (TPSA) is 52.7 Å². The molecule has 0 aromatic heterocycles. The van der Waals surface area contributed by atoms with Crippen LogP contribution >= 0.6 is 11.6 Å². The largest absolute Gasteiger partial charge is 0.352 e. The second-order valence-corrected chi connectivity index (χ2v) is 11.1. The summed E-state index contributed by atoms with van der Waals surface area (Å²) in [5.74, 6) is 0.237. The monoisotopic (exact) mass is 513 g/mol. The van der Waals surface area contributed by atoms with Gasteiger partial charge in [-0.3, -0.25) is 9.59 Å². The first-order valence-electron chi connectivity index (χ1n) is 13.2. The number of para-hydroxylation sites is 1. The Hall–Kier alpha value is -3.15. The van der Waals surface area contributed by atoms with E-state index in [9.17, 15) is 9.59 Å². The lowest BCUT2D eigenvalue weighted by atomic mass is 9.92. The second-order valence-electron chi connectivity index (χ2n) is 10.7. The van der Waals surface area contributed by atoms with E-state index in [4.69, 9.17) is 11.6 Å². The van der Waals surface area contributed by atoms with E-state index in [-0.39, 0.29) is 17.7 Å². The molecule has 1 aliphatic carbocycles. The number of nitrogens with one attached hydrogen (secondary N) is 1. The summed E-state index contributed by atoms with van der Waals surface area (Å²) in [7, 11) is 2.16. The Balaban J connectivity index is 1.17. The van der Waals surface area contributed by atoms with Crippen molar-refractivity contribution in [2.24, 2.45) is 0 Å².